The van der Waals surface area contributed by atoms with E-state index in [2.05, 4.69) is 82.1 Å². The van der Waals surface area contributed by atoms with Gasteiger partial charge < -0.3 is 34.1 Å². The molecule has 0 saturated carbocycles. The zero-order valence-corrected chi connectivity index (χ0v) is 26.9. The van der Waals surface area contributed by atoms with Crippen molar-refractivity contribution in [3.8, 4) is 5.75 Å². The minimum atomic E-state index is -0.905. The van der Waals surface area contributed by atoms with Gasteiger partial charge in [-0.25, -0.2) is 0 Å². The maximum absolute atomic E-state index is 7.89. The Kier molecular flexibility index (Phi) is 10.1. The maximum Gasteiger partial charge on any atom is 0.217 e. The fourth-order valence-electron chi connectivity index (χ4n) is 6.22. The summed E-state index contributed by atoms with van der Waals surface area (Å²) in [7, 11) is 0. The van der Waals surface area contributed by atoms with E-state index in [9.17, 15) is 0 Å². The molecule has 0 spiro atoms. The number of hydrogen-bond acceptors (Lipinski definition) is 10. The smallest absolute Gasteiger partial charge is 0.217 e. The van der Waals surface area contributed by atoms with Gasteiger partial charge in [-0.2, -0.15) is 15.0 Å². The Bertz CT molecular complexity index is 1410. The highest BCUT2D eigenvalue weighted by atomic mass is 16.8. The molecule has 6 rings (SSSR count). The lowest BCUT2D eigenvalue weighted by Gasteiger charge is -2.37. The molecule has 0 bridgehead atoms. The van der Waals surface area contributed by atoms with Crippen molar-refractivity contribution in [1.29, 1.82) is 5.41 Å². The monoisotopic (exact) mass is 630 g/mol. The van der Waals surface area contributed by atoms with E-state index in [1.54, 1.807) is 22.1 Å². The van der Waals surface area contributed by atoms with Crippen molar-refractivity contribution in [3.05, 3.63) is 73.3 Å². The molecule has 0 aliphatic carbocycles. The number of piperazine rings is 1. The third kappa shape index (κ3) is 7.30. The molecule has 46 heavy (non-hydrogen) atoms. The van der Waals surface area contributed by atoms with Gasteiger partial charge in [-0.1, -0.05) is 13.5 Å². The zero-order valence-electron chi connectivity index (χ0n) is 26.9. The molecule has 4 unspecified atom stereocenters. The van der Waals surface area contributed by atoms with Gasteiger partial charge in [0.15, 0.2) is 0 Å². The third-order valence-corrected chi connectivity index (χ3v) is 8.98. The predicted molar refractivity (Wildman–Crippen MR) is 179 cm³/mol. The van der Waals surface area contributed by atoms with Gasteiger partial charge in [-0.3, -0.25) is 10.3 Å². The average molecular weight is 631 g/mol. The van der Waals surface area contributed by atoms with Crippen LogP contribution < -0.4 is 24.8 Å². The largest absolute Gasteiger partial charge is 0.491 e. The number of ether oxygens (including phenoxy) is 4. The van der Waals surface area contributed by atoms with Gasteiger partial charge in [-0.15, -0.1) is 0 Å². The first-order valence-electron chi connectivity index (χ1n) is 16.3. The first-order chi connectivity index (χ1) is 22.5. The number of aromatic nitrogens is 3. The van der Waals surface area contributed by atoms with Gasteiger partial charge in [0.2, 0.25) is 5.79 Å². The SMILES string of the molecule is C=C(NC(C)CC)N(C=N)c1ccc(N2CCN(c3ccc(OCC4COC(Cn5nccn5)(C5CCCO5)O4)cc3)CC2)cc1. The van der Waals surface area contributed by atoms with Crippen LogP contribution in [0.5, 0.6) is 5.75 Å². The van der Waals surface area contributed by atoms with Crippen LogP contribution in [0.3, 0.4) is 0 Å². The number of nitrogens with one attached hydrogen (secondary N) is 2. The van der Waals surface area contributed by atoms with E-state index >= 15 is 0 Å². The van der Waals surface area contributed by atoms with Crippen LogP contribution in [0.1, 0.15) is 33.1 Å². The van der Waals surface area contributed by atoms with E-state index < -0.39 is 5.79 Å². The maximum atomic E-state index is 7.89. The highest BCUT2D eigenvalue weighted by molar-refractivity contribution is 5.81. The standard InChI is InChI=1S/C34H46N8O4/c1-4-26(2)38-27(3)41(25-35)30-9-7-28(8-10-30)39-17-19-40(20-18-39)29-11-13-31(14-12-29)44-22-32-23-45-34(46-32,33-6-5-21-43-33)24-42-36-15-16-37-42/h7-16,25-26,32-33,35,38H,3-6,17-24H2,1-2H3. The second-order valence-electron chi connectivity index (χ2n) is 12.1. The Balaban J connectivity index is 0.976. The quantitative estimate of drug-likeness (QED) is 0.198. The van der Waals surface area contributed by atoms with Gasteiger partial charge in [-0.05, 0) is 74.7 Å². The molecule has 3 saturated heterocycles. The van der Waals surface area contributed by atoms with E-state index in [4.69, 9.17) is 24.4 Å². The van der Waals surface area contributed by atoms with E-state index in [1.807, 2.05) is 12.1 Å². The predicted octanol–water partition coefficient (Wildman–Crippen LogP) is 4.25. The Labute approximate surface area is 271 Å². The molecule has 0 radical (unpaired) electrons. The molecular formula is C34H46N8O4. The second-order valence-corrected chi connectivity index (χ2v) is 12.1. The van der Waals surface area contributed by atoms with E-state index in [0.29, 0.717) is 38.2 Å². The van der Waals surface area contributed by atoms with Gasteiger partial charge in [0.05, 0.1) is 25.3 Å². The Morgan fingerprint density at radius 1 is 1.09 bits per heavy atom. The summed E-state index contributed by atoms with van der Waals surface area (Å²) in [4.78, 5) is 8.18. The fraction of sp³-hybridized carbons (Fsp3) is 0.500. The summed E-state index contributed by atoms with van der Waals surface area (Å²) >= 11 is 0. The van der Waals surface area contributed by atoms with Crippen molar-refractivity contribution in [2.75, 3.05) is 60.7 Å². The van der Waals surface area contributed by atoms with Crippen LogP contribution >= 0.6 is 0 Å². The van der Waals surface area contributed by atoms with Crippen molar-refractivity contribution >= 4 is 23.4 Å². The number of anilines is 3. The molecule has 246 valence electrons. The van der Waals surface area contributed by atoms with Crippen LogP contribution in [0.25, 0.3) is 0 Å². The van der Waals surface area contributed by atoms with Gasteiger partial charge in [0.25, 0.3) is 0 Å². The first kappa shape index (κ1) is 31.8. The number of rotatable bonds is 14. The van der Waals surface area contributed by atoms with Crippen molar-refractivity contribution in [2.24, 2.45) is 0 Å². The molecule has 3 aliphatic rings. The summed E-state index contributed by atoms with van der Waals surface area (Å²) < 4.78 is 24.8. The zero-order chi connectivity index (χ0) is 31.9. The lowest BCUT2D eigenvalue weighted by Crippen LogP contribution is -2.48. The summed E-state index contributed by atoms with van der Waals surface area (Å²) in [5.74, 6) is 0.604. The molecule has 2 aromatic carbocycles. The lowest BCUT2D eigenvalue weighted by atomic mass is 10.1. The molecule has 3 aliphatic heterocycles. The fourth-order valence-corrected chi connectivity index (χ4v) is 6.22. The summed E-state index contributed by atoms with van der Waals surface area (Å²) in [6, 6.07) is 17.0. The number of nitrogens with zero attached hydrogens (tertiary/aromatic N) is 6. The Hall–Kier alpha value is -4.13. The molecule has 12 nitrogen and oxygen atoms in total. The first-order valence-corrected chi connectivity index (χ1v) is 16.3. The van der Waals surface area contributed by atoms with E-state index in [1.165, 1.54) is 17.7 Å². The van der Waals surface area contributed by atoms with Crippen molar-refractivity contribution < 1.29 is 18.9 Å². The summed E-state index contributed by atoms with van der Waals surface area (Å²) in [5, 5.41) is 19.7. The highest BCUT2D eigenvalue weighted by Gasteiger charge is 2.51. The number of hydrogen-bond donors (Lipinski definition) is 2. The summed E-state index contributed by atoms with van der Waals surface area (Å²) in [6.07, 6.45) is 7.11. The molecular weight excluding hydrogens is 584 g/mol. The molecule has 4 atom stereocenters. The van der Waals surface area contributed by atoms with Gasteiger partial charge >= 0.3 is 0 Å². The van der Waals surface area contributed by atoms with Crippen molar-refractivity contribution in [1.82, 2.24) is 20.3 Å². The molecule has 2 N–H and O–H groups in total. The van der Waals surface area contributed by atoms with Crippen LogP contribution in [0.15, 0.2) is 73.3 Å². The molecule has 4 heterocycles. The highest BCUT2D eigenvalue weighted by Crippen LogP contribution is 2.36. The van der Waals surface area contributed by atoms with E-state index in [-0.39, 0.29) is 12.2 Å². The minimum absolute atomic E-state index is 0.150. The molecule has 1 aromatic heterocycles. The van der Waals surface area contributed by atoms with Crippen molar-refractivity contribution in [2.45, 2.75) is 63.7 Å². The number of benzene rings is 2. The van der Waals surface area contributed by atoms with Crippen LogP contribution in [0.2, 0.25) is 0 Å². The van der Waals surface area contributed by atoms with Gasteiger partial charge in [0, 0.05) is 55.9 Å². The summed E-state index contributed by atoms with van der Waals surface area (Å²) in [6.45, 7) is 14.0. The molecule has 0 amide bonds. The van der Waals surface area contributed by atoms with Gasteiger partial charge in [0.1, 0.15) is 36.9 Å². The normalized spacial score (nSPS) is 23.7. The van der Waals surface area contributed by atoms with Crippen LogP contribution in [0, 0.1) is 5.41 Å². The molecule has 12 heteroatoms. The van der Waals surface area contributed by atoms with Crippen LogP contribution in [-0.2, 0) is 20.8 Å². The summed E-state index contributed by atoms with van der Waals surface area (Å²) in [5.41, 5.74) is 3.28. The van der Waals surface area contributed by atoms with E-state index in [0.717, 1.165) is 56.9 Å². The van der Waals surface area contributed by atoms with Crippen LogP contribution in [-0.4, -0.2) is 91.4 Å². The van der Waals surface area contributed by atoms with Crippen LogP contribution in [0.4, 0.5) is 17.1 Å². The lowest BCUT2D eigenvalue weighted by molar-refractivity contribution is -0.241. The average Bonchev–Trinajstić information content (AvgIpc) is 3.89. The Morgan fingerprint density at radius 2 is 1.74 bits per heavy atom. The Morgan fingerprint density at radius 3 is 2.33 bits per heavy atom. The minimum Gasteiger partial charge on any atom is -0.491 e. The molecule has 3 aromatic rings. The topological polar surface area (TPSA) is 113 Å². The molecule has 3 fully saturated rings. The van der Waals surface area contributed by atoms with Crippen molar-refractivity contribution in [3.63, 3.8) is 0 Å². The third-order valence-electron chi connectivity index (χ3n) is 8.98. The second kappa shape index (κ2) is 14.5.